The van der Waals surface area contributed by atoms with E-state index in [9.17, 15) is 4.79 Å². The Kier molecular flexibility index (Phi) is 8.01. The number of nitrogens with one attached hydrogen (secondary N) is 1. The van der Waals surface area contributed by atoms with Crippen molar-refractivity contribution in [3.05, 3.63) is 53.7 Å². The summed E-state index contributed by atoms with van der Waals surface area (Å²) < 4.78 is 7.34. The third-order valence-electron chi connectivity index (χ3n) is 7.29. The van der Waals surface area contributed by atoms with Crippen LogP contribution in [-0.4, -0.2) is 82.4 Å². The smallest absolute Gasteiger partial charge is 0.251 e. The second-order valence-corrected chi connectivity index (χ2v) is 10.5. The van der Waals surface area contributed by atoms with Gasteiger partial charge < -0.3 is 15.0 Å². The maximum absolute atomic E-state index is 13.4. The molecule has 5 rings (SSSR count). The van der Waals surface area contributed by atoms with Gasteiger partial charge in [-0.3, -0.25) is 9.69 Å². The molecular formula is C28H35N7O2S. The van der Waals surface area contributed by atoms with Crippen LogP contribution in [0.1, 0.15) is 37.6 Å². The normalized spacial score (nSPS) is 16.4. The van der Waals surface area contributed by atoms with Crippen LogP contribution in [-0.2, 0) is 4.74 Å². The van der Waals surface area contributed by atoms with Crippen molar-refractivity contribution in [3.8, 4) is 21.8 Å². The van der Waals surface area contributed by atoms with Crippen molar-refractivity contribution >= 4 is 28.7 Å². The molecule has 9 nitrogen and oxygen atoms in total. The van der Waals surface area contributed by atoms with E-state index in [0.29, 0.717) is 23.4 Å². The fraction of sp³-hybridized carbons (Fsp3) is 0.429. The summed E-state index contributed by atoms with van der Waals surface area (Å²) in [5.41, 5.74) is 3.63. The Balaban J connectivity index is 1.51. The highest BCUT2D eigenvalue weighted by molar-refractivity contribution is 7.13. The Bertz CT molecular complexity index is 1380. The summed E-state index contributed by atoms with van der Waals surface area (Å²) in [5.74, 6) is 0.651. The molecule has 1 amide bonds. The number of pyridine rings is 1. The van der Waals surface area contributed by atoms with Crippen molar-refractivity contribution in [1.29, 1.82) is 0 Å². The molecule has 5 heterocycles. The van der Waals surface area contributed by atoms with E-state index in [1.807, 2.05) is 35.8 Å². The van der Waals surface area contributed by atoms with Gasteiger partial charge in [0.05, 0.1) is 34.1 Å². The maximum atomic E-state index is 13.4. The first-order valence-corrected chi connectivity index (χ1v) is 14.1. The fourth-order valence-corrected chi connectivity index (χ4v) is 5.70. The van der Waals surface area contributed by atoms with E-state index in [4.69, 9.17) is 14.7 Å². The number of hydrogen-bond donors (Lipinski definition) is 1. The molecule has 38 heavy (non-hydrogen) atoms. The van der Waals surface area contributed by atoms with Crippen LogP contribution in [0.5, 0.6) is 0 Å². The molecule has 4 aromatic rings. The van der Waals surface area contributed by atoms with Crippen LogP contribution >= 0.6 is 11.3 Å². The predicted molar refractivity (Wildman–Crippen MR) is 152 cm³/mol. The first kappa shape index (κ1) is 26.3. The number of methoxy groups -OCH3 is 1. The van der Waals surface area contributed by atoms with Gasteiger partial charge >= 0.3 is 0 Å². The summed E-state index contributed by atoms with van der Waals surface area (Å²) in [7, 11) is 1.74. The molecule has 10 heteroatoms. The van der Waals surface area contributed by atoms with Crippen molar-refractivity contribution in [3.63, 3.8) is 0 Å². The van der Waals surface area contributed by atoms with Crippen molar-refractivity contribution in [1.82, 2.24) is 29.8 Å². The standard InChI is InChI=1S/C28H35N7O2S/c1-5-33(6-2)19(3)16-29-28(36)20-14-24(31-26(15-20)34-11-9-21(18-34)37-4)22-17-30-35-12-10-23(32-27(22)35)25-8-7-13-38-25/h7-8,10,12-15,17,19,21H,5-6,9,11,16,18H2,1-4H3,(H,29,36)/t19-,21-/m0/s1. The number of anilines is 1. The lowest BCUT2D eigenvalue weighted by Crippen LogP contribution is -2.42. The zero-order valence-electron chi connectivity index (χ0n) is 22.4. The SMILES string of the molecule is CCN(CC)[C@@H](C)CNC(=O)c1cc(-c2cnn3ccc(-c4cccs4)nc23)nc(N2CC[C@H](OC)C2)c1. The molecule has 0 saturated carbocycles. The highest BCUT2D eigenvalue weighted by Crippen LogP contribution is 2.30. The summed E-state index contributed by atoms with van der Waals surface area (Å²) in [6, 6.07) is 10.0. The molecule has 4 aromatic heterocycles. The molecule has 2 atom stereocenters. The average molecular weight is 534 g/mol. The third-order valence-corrected chi connectivity index (χ3v) is 8.18. The molecule has 1 aliphatic heterocycles. The second kappa shape index (κ2) is 11.6. The van der Waals surface area contributed by atoms with Gasteiger partial charge in [-0.05, 0) is 56.1 Å². The van der Waals surface area contributed by atoms with E-state index in [0.717, 1.165) is 54.6 Å². The number of ether oxygens (including phenoxy) is 1. The Morgan fingerprint density at radius 2 is 2.08 bits per heavy atom. The molecule has 0 radical (unpaired) electrons. The van der Waals surface area contributed by atoms with Crippen LogP contribution in [0, 0.1) is 0 Å². The summed E-state index contributed by atoms with van der Waals surface area (Å²) in [6.45, 7) is 10.4. The number of amides is 1. The number of carbonyl (C=O) groups is 1. The molecule has 0 bridgehead atoms. The fourth-order valence-electron chi connectivity index (χ4n) is 5.01. The van der Waals surface area contributed by atoms with Crippen LogP contribution in [0.25, 0.3) is 27.5 Å². The van der Waals surface area contributed by atoms with Gasteiger partial charge in [-0.1, -0.05) is 19.9 Å². The van der Waals surface area contributed by atoms with Crippen molar-refractivity contribution in [2.24, 2.45) is 0 Å². The second-order valence-electron chi connectivity index (χ2n) is 9.59. The number of aromatic nitrogens is 4. The molecule has 1 aliphatic rings. The van der Waals surface area contributed by atoms with Gasteiger partial charge in [-0.2, -0.15) is 5.10 Å². The minimum Gasteiger partial charge on any atom is -0.380 e. The Morgan fingerprint density at radius 3 is 2.79 bits per heavy atom. The zero-order chi connectivity index (χ0) is 26.6. The van der Waals surface area contributed by atoms with Crippen molar-refractivity contribution < 1.29 is 9.53 Å². The highest BCUT2D eigenvalue weighted by atomic mass is 32.1. The number of likely N-dealkylation sites (N-methyl/N-ethyl adjacent to an activating group) is 1. The molecule has 0 aliphatic carbocycles. The van der Waals surface area contributed by atoms with E-state index >= 15 is 0 Å². The lowest BCUT2D eigenvalue weighted by Gasteiger charge is -2.26. The van der Waals surface area contributed by atoms with Crippen LogP contribution in [0.4, 0.5) is 5.82 Å². The number of rotatable bonds is 10. The van der Waals surface area contributed by atoms with Gasteiger partial charge in [0.2, 0.25) is 0 Å². The maximum Gasteiger partial charge on any atom is 0.251 e. The predicted octanol–water partition coefficient (Wildman–Crippen LogP) is 4.21. The van der Waals surface area contributed by atoms with E-state index in [-0.39, 0.29) is 18.1 Å². The van der Waals surface area contributed by atoms with Gasteiger partial charge in [-0.15, -0.1) is 11.3 Å². The highest BCUT2D eigenvalue weighted by Gasteiger charge is 2.25. The van der Waals surface area contributed by atoms with Crippen LogP contribution in [0.15, 0.2) is 48.1 Å². The Labute approximate surface area is 227 Å². The van der Waals surface area contributed by atoms with Crippen molar-refractivity contribution in [2.75, 3.05) is 44.7 Å². The summed E-state index contributed by atoms with van der Waals surface area (Å²) >= 11 is 1.65. The van der Waals surface area contributed by atoms with Crippen LogP contribution in [0.3, 0.4) is 0 Å². The topological polar surface area (TPSA) is 87.9 Å². The molecule has 0 aromatic carbocycles. The number of nitrogens with zero attached hydrogens (tertiary/aromatic N) is 6. The molecular weight excluding hydrogens is 498 g/mol. The molecule has 0 unspecified atom stereocenters. The molecule has 1 saturated heterocycles. The molecule has 1 fully saturated rings. The van der Waals surface area contributed by atoms with Gasteiger partial charge in [0.15, 0.2) is 5.65 Å². The van der Waals surface area contributed by atoms with Crippen molar-refractivity contribution in [2.45, 2.75) is 39.3 Å². The van der Waals surface area contributed by atoms with Crippen LogP contribution in [0.2, 0.25) is 0 Å². The minimum absolute atomic E-state index is 0.111. The zero-order valence-corrected chi connectivity index (χ0v) is 23.2. The quantitative estimate of drug-likeness (QED) is 0.327. The summed E-state index contributed by atoms with van der Waals surface area (Å²) in [6.07, 6.45) is 4.77. The molecule has 1 N–H and O–H groups in total. The monoisotopic (exact) mass is 533 g/mol. The van der Waals surface area contributed by atoms with Gasteiger partial charge in [0.25, 0.3) is 5.91 Å². The largest absolute Gasteiger partial charge is 0.380 e. The first-order chi connectivity index (χ1) is 18.5. The molecule has 200 valence electrons. The lowest BCUT2D eigenvalue weighted by molar-refractivity contribution is 0.0938. The number of carbonyl (C=O) groups excluding carboxylic acids is 1. The third kappa shape index (κ3) is 5.43. The van der Waals surface area contributed by atoms with Gasteiger partial charge in [0, 0.05) is 44.5 Å². The van der Waals surface area contributed by atoms with Crippen LogP contribution < -0.4 is 10.2 Å². The van der Waals surface area contributed by atoms with E-state index in [1.165, 1.54) is 0 Å². The van der Waals surface area contributed by atoms with E-state index in [1.54, 1.807) is 29.2 Å². The average Bonchev–Trinajstić information content (AvgIpc) is 3.72. The van der Waals surface area contributed by atoms with Gasteiger partial charge in [0.1, 0.15) is 5.82 Å². The Hall–Kier alpha value is -3.34. The number of hydrogen-bond acceptors (Lipinski definition) is 8. The lowest BCUT2D eigenvalue weighted by atomic mass is 10.1. The summed E-state index contributed by atoms with van der Waals surface area (Å²) in [5, 5.41) is 9.70. The van der Waals surface area contributed by atoms with Gasteiger partial charge in [-0.25, -0.2) is 14.5 Å². The first-order valence-electron chi connectivity index (χ1n) is 13.2. The molecule has 0 spiro atoms. The number of thiophene rings is 1. The number of fused-ring (bicyclic) bond motifs is 1. The van der Waals surface area contributed by atoms with E-state index < -0.39 is 0 Å². The summed E-state index contributed by atoms with van der Waals surface area (Å²) in [4.78, 5) is 28.9. The Morgan fingerprint density at radius 1 is 1.24 bits per heavy atom. The minimum atomic E-state index is -0.111. The van der Waals surface area contributed by atoms with E-state index in [2.05, 4.69) is 47.1 Å².